The van der Waals surface area contributed by atoms with Gasteiger partial charge in [0.05, 0.1) is 25.4 Å². The molecule has 6 N–H and O–H groups in total. The van der Waals surface area contributed by atoms with Crippen molar-refractivity contribution >= 4 is 5.91 Å². The van der Waals surface area contributed by atoms with Gasteiger partial charge in [0.2, 0.25) is 5.91 Å². The average molecular weight is 1050 g/mol. The molecule has 1 heterocycles. The molecule has 74 heavy (non-hydrogen) atoms. The van der Waals surface area contributed by atoms with E-state index in [2.05, 4.69) is 19.2 Å². The molecule has 1 saturated heterocycles. The van der Waals surface area contributed by atoms with Crippen LogP contribution in [0.3, 0.4) is 0 Å². The second kappa shape index (κ2) is 55.3. The highest BCUT2D eigenvalue weighted by Gasteiger charge is 2.44. The van der Waals surface area contributed by atoms with Gasteiger partial charge in [-0.1, -0.05) is 328 Å². The predicted octanol–water partition coefficient (Wildman–Crippen LogP) is 17.1. The summed E-state index contributed by atoms with van der Waals surface area (Å²) in [7, 11) is 0. The fraction of sp³-hybridized carbons (Fsp3) is 0.954. The van der Waals surface area contributed by atoms with Gasteiger partial charge in [0, 0.05) is 6.42 Å². The maximum absolute atomic E-state index is 13.1. The third-order valence-corrected chi connectivity index (χ3v) is 16.1. The van der Waals surface area contributed by atoms with Crippen molar-refractivity contribution < 1.29 is 39.8 Å². The van der Waals surface area contributed by atoms with Crippen LogP contribution in [0.25, 0.3) is 0 Å². The summed E-state index contributed by atoms with van der Waals surface area (Å²) in [5.74, 6) is -0.169. The number of rotatable bonds is 58. The number of allylic oxidation sites excluding steroid dienone is 1. The molecule has 7 atom stereocenters. The van der Waals surface area contributed by atoms with Crippen LogP contribution in [0.2, 0.25) is 0 Å². The minimum absolute atomic E-state index is 0.169. The Morgan fingerprint density at radius 1 is 0.446 bits per heavy atom. The van der Waals surface area contributed by atoms with E-state index in [9.17, 15) is 30.3 Å². The number of hydrogen-bond acceptors (Lipinski definition) is 8. The molecular formula is C65H127NO8. The number of aliphatic hydroxyl groups is 5. The van der Waals surface area contributed by atoms with Crippen LogP contribution in [0, 0.1) is 0 Å². The minimum atomic E-state index is -1.56. The zero-order valence-corrected chi connectivity index (χ0v) is 49.1. The van der Waals surface area contributed by atoms with Gasteiger partial charge in [-0.2, -0.15) is 0 Å². The van der Waals surface area contributed by atoms with Crippen LogP contribution in [0.15, 0.2) is 12.2 Å². The topological polar surface area (TPSA) is 149 Å². The van der Waals surface area contributed by atoms with Gasteiger partial charge in [0.15, 0.2) is 6.29 Å². The lowest BCUT2D eigenvalue weighted by Gasteiger charge is -2.40. The summed E-state index contributed by atoms with van der Waals surface area (Å²) in [6.45, 7) is 3.83. The molecule has 1 amide bonds. The van der Waals surface area contributed by atoms with E-state index in [1.165, 1.54) is 283 Å². The number of amides is 1. The maximum atomic E-state index is 13.1. The Hall–Kier alpha value is -1.07. The van der Waals surface area contributed by atoms with Crippen molar-refractivity contribution in [1.29, 1.82) is 0 Å². The predicted molar refractivity (Wildman–Crippen MR) is 314 cm³/mol. The Morgan fingerprint density at radius 2 is 0.743 bits per heavy atom. The van der Waals surface area contributed by atoms with Gasteiger partial charge in [0.25, 0.3) is 0 Å². The first kappa shape index (κ1) is 70.9. The number of ether oxygens (including phenoxy) is 2. The van der Waals surface area contributed by atoms with Crippen molar-refractivity contribution in [2.24, 2.45) is 0 Å². The molecule has 0 aromatic rings. The summed E-state index contributed by atoms with van der Waals surface area (Å²) in [5, 5.41) is 54.6. The number of nitrogens with one attached hydrogen (secondary N) is 1. The van der Waals surface area contributed by atoms with E-state index in [0.717, 1.165) is 38.5 Å². The highest BCUT2D eigenvalue weighted by molar-refractivity contribution is 5.76. The van der Waals surface area contributed by atoms with Gasteiger partial charge >= 0.3 is 0 Å². The fourth-order valence-electron chi connectivity index (χ4n) is 10.9. The molecule has 0 aliphatic carbocycles. The lowest BCUT2D eigenvalue weighted by Crippen LogP contribution is -2.60. The van der Waals surface area contributed by atoms with Crippen molar-refractivity contribution in [2.45, 2.75) is 384 Å². The van der Waals surface area contributed by atoms with Gasteiger partial charge in [0.1, 0.15) is 24.4 Å². The molecule has 0 saturated carbocycles. The molecule has 0 radical (unpaired) electrons. The summed E-state index contributed by atoms with van der Waals surface area (Å²) < 4.78 is 11.3. The molecule has 2 unspecified atom stereocenters. The molecule has 1 rings (SSSR count). The number of hydrogen-bond donors (Lipinski definition) is 6. The summed E-state index contributed by atoms with van der Waals surface area (Å²) in [4.78, 5) is 13.1. The van der Waals surface area contributed by atoms with Crippen LogP contribution in [-0.4, -0.2) is 87.5 Å². The second-order valence-corrected chi connectivity index (χ2v) is 23.3. The van der Waals surface area contributed by atoms with E-state index >= 15 is 0 Å². The number of carbonyl (C=O) groups is 1. The van der Waals surface area contributed by atoms with Crippen LogP contribution in [0.5, 0.6) is 0 Å². The molecule has 9 nitrogen and oxygen atoms in total. The van der Waals surface area contributed by atoms with E-state index in [-0.39, 0.29) is 12.5 Å². The fourth-order valence-corrected chi connectivity index (χ4v) is 10.9. The van der Waals surface area contributed by atoms with Crippen molar-refractivity contribution in [3.63, 3.8) is 0 Å². The highest BCUT2D eigenvalue weighted by atomic mass is 16.7. The monoisotopic (exact) mass is 1050 g/mol. The van der Waals surface area contributed by atoms with Crippen LogP contribution < -0.4 is 5.32 Å². The lowest BCUT2D eigenvalue weighted by atomic mass is 9.99. The molecule has 0 aromatic carbocycles. The second-order valence-electron chi connectivity index (χ2n) is 23.3. The van der Waals surface area contributed by atoms with Crippen molar-refractivity contribution in [2.75, 3.05) is 13.2 Å². The summed E-state index contributed by atoms with van der Waals surface area (Å²) >= 11 is 0. The van der Waals surface area contributed by atoms with Crippen LogP contribution >= 0.6 is 0 Å². The minimum Gasteiger partial charge on any atom is -0.394 e. The van der Waals surface area contributed by atoms with Crippen molar-refractivity contribution in [1.82, 2.24) is 5.32 Å². The third kappa shape index (κ3) is 43.9. The van der Waals surface area contributed by atoms with Crippen LogP contribution in [0.4, 0.5) is 0 Å². The van der Waals surface area contributed by atoms with Crippen molar-refractivity contribution in [3.8, 4) is 0 Å². The zero-order chi connectivity index (χ0) is 53.6. The largest absolute Gasteiger partial charge is 0.394 e. The van der Waals surface area contributed by atoms with E-state index in [4.69, 9.17) is 9.47 Å². The highest BCUT2D eigenvalue weighted by Crippen LogP contribution is 2.23. The zero-order valence-electron chi connectivity index (χ0n) is 49.1. The first-order chi connectivity index (χ1) is 36.3. The molecule has 0 aromatic heterocycles. The molecule has 1 fully saturated rings. The average Bonchev–Trinajstić information content (AvgIpc) is 3.40. The molecular weight excluding hydrogens is 923 g/mol. The van der Waals surface area contributed by atoms with Crippen molar-refractivity contribution in [3.05, 3.63) is 12.2 Å². The molecule has 440 valence electrons. The number of carbonyl (C=O) groups excluding carboxylic acids is 1. The third-order valence-electron chi connectivity index (χ3n) is 16.1. The standard InChI is InChI=1S/C65H127NO8/c1-3-5-7-9-11-13-15-17-19-21-22-23-24-25-26-27-28-29-30-31-32-33-34-35-36-37-38-39-41-43-45-47-49-51-53-55-61(69)66-58(57-73-65-64(72)63(71)62(70)60(56-67)74-65)59(68)54-52-50-48-46-44-42-40-20-18-16-14-12-10-8-6-4-2/h52,54,58-60,62-65,67-68,70-72H,3-51,53,55-57H2,1-2H3,(H,66,69)/b54-52+/t58-,59+,60+,62-,63?,64?,65+/m0/s1. The first-order valence-electron chi connectivity index (χ1n) is 32.9. The molecule has 1 aliphatic heterocycles. The summed E-state index contributed by atoms with van der Waals surface area (Å²) in [6.07, 6.45) is 63.2. The lowest BCUT2D eigenvalue weighted by molar-refractivity contribution is -0.302. The van der Waals surface area contributed by atoms with E-state index in [0.29, 0.717) is 6.42 Å². The molecule has 0 bridgehead atoms. The van der Waals surface area contributed by atoms with Gasteiger partial charge < -0.3 is 40.3 Å². The van der Waals surface area contributed by atoms with E-state index in [1.54, 1.807) is 6.08 Å². The summed E-state index contributed by atoms with van der Waals surface area (Å²) in [5.41, 5.74) is 0. The Balaban J connectivity index is 2.06. The molecule has 0 spiro atoms. The Morgan fingerprint density at radius 3 is 1.05 bits per heavy atom. The molecule has 1 aliphatic rings. The Labute approximate surface area is 458 Å². The van der Waals surface area contributed by atoms with E-state index in [1.807, 2.05) is 6.08 Å². The Kier molecular flexibility index (Phi) is 53.0. The van der Waals surface area contributed by atoms with Gasteiger partial charge in [-0.05, 0) is 19.3 Å². The van der Waals surface area contributed by atoms with Gasteiger partial charge in [-0.15, -0.1) is 0 Å². The van der Waals surface area contributed by atoms with Crippen LogP contribution in [-0.2, 0) is 14.3 Å². The maximum Gasteiger partial charge on any atom is 0.220 e. The first-order valence-corrected chi connectivity index (χ1v) is 32.9. The quantitative estimate of drug-likeness (QED) is 0.0261. The number of aliphatic hydroxyl groups excluding tert-OH is 5. The smallest absolute Gasteiger partial charge is 0.220 e. The Bertz CT molecular complexity index is 1170. The van der Waals surface area contributed by atoms with Crippen LogP contribution in [0.1, 0.15) is 341 Å². The molecule has 9 heteroatoms. The number of unbranched alkanes of at least 4 members (excludes halogenated alkanes) is 48. The van der Waals surface area contributed by atoms with Gasteiger partial charge in [-0.3, -0.25) is 4.79 Å². The normalized spacial score (nSPS) is 18.9. The van der Waals surface area contributed by atoms with Gasteiger partial charge in [-0.25, -0.2) is 0 Å². The van der Waals surface area contributed by atoms with E-state index < -0.39 is 49.5 Å². The summed E-state index contributed by atoms with van der Waals surface area (Å²) in [6, 6.07) is -0.800. The SMILES string of the molecule is CCCCCCCCCCCCCCCC/C=C/[C@@H](O)[C@H](CO[C@@H]1O[C@H](CO)[C@H](O)C(O)C1O)NC(=O)CCCCCCCCCCCCCCCCCCCCCCCCCCCCCCCCCCCCC.